The first-order chi connectivity index (χ1) is 11.3. The SMILES string of the molecule is COc1ccc2c(c1)C(=O)C(c1cccc(OC(F)(F)F)c1)=[N+]2[O-]. The van der Waals surface area contributed by atoms with E-state index in [9.17, 15) is 23.2 Å². The fraction of sp³-hybridized carbons (Fsp3) is 0.125. The first-order valence-electron chi connectivity index (χ1n) is 6.73. The number of alkyl halides is 3. The predicted octanol–water partition coefficient (Wildman–Crippen LogP) is 3.42. The molecular formula is C16H10F3NO4. The lowest BCUT2D eigenvalue weighted by Crippen LogP contribution is -2.19. The van der Waals surface area contributed by atoms with E-state index in [1.54, 1.807) is 0 Å². The average Bonchev–Trinajstić information content (AvgIpc) is 2.77. The van der Waals surface area contributed by atoms with Crippen LogP contribution in [0, 0.1) is 5.21 Å². The van der Waals surface area contributed by atoms with E-state index in [1.165, 1.54) is 37.4 Å². The van der Waals surface area contributed by atoms with Crippen LogP contribution in [0.1, 0.15) is 15.9 Å². The number of nitrogens with zero attached hydrogens (tertiary/aromatic N) is 1. The van der Waals surface area contributed by atoms with Gasteiger partial charge in [-0.05, 0) is 30.3 Å². The van der Waals surface area contributed by atoms with Gasteiger partial charge in [0, 0.05) is 6.07 Å². The molecule has 0 aliphatic carbocycles. The molecule has 3 rings (SSSR count). The summed E-state index contributed by atoms with van der Waals surface area (Å²) in [6, 6.07) is 9.06. The van der Waals surface area contributed by atoms with Crippen LogP contribution in [-0.2, 0) is 0 Å². The quantitative estimate of drug-likeness (QED) is 0.636. The summed E-state index contributed by atoms with van der Waals surface area (Å²) < 4.78 is 46.2. The number of ether oxygens (including phenoxy) is 2. The van der Waals surface area contributed by atoms with Gasteiger partial charge in [0.2, 0.25) is 5.69 Å². The van der Waals surface area contributed by atoms with Gasteiger partial charge < -0.3 is 14.7 Å². The van der Waals surface area contributed by atoms with Crippen molar-refractivity contribution in [3.05, 3.63) is 58.8 Å². The van der Waals surface area contributed by atoms with Crippen molar-refractivity contribution < 1.29 is 32.2 Å². The molecule has 2 aromatic carbocycles. The Kier molecular flexibility index (Phi) is 3.67. The molecular weight excluding hydrogens is 327 g/mol. The van der Waals surface area contributed by atoms with E-state index in [1.807, 2.05) is 0 Å². The van der Waals surface area contributed by atoms with Crippen molar-refractivity contribution >= 4 is 17.2 Å². The summed E-state index contributed by atoms with van der Waals surface area (Å²) in [6.07, 6.45) is -4.86. The molecule has 1 heterocycles. The lowest BCUT2D eigenvalue weighted by atomic mass is 10.0. The van der Waals surface area contributed by atoms with E-state index in [0.717, 1.165) is 12.1 Å². The molecule has 1 aliphatic rings. The molecule has 0 fully saturated rings. The number of ketones is 1. The van der Waals surface area contributed by atoms with Gasteiger partial charge in [0.15, 0.2) is 0 Å². The van der Waals surface area contributed by atoms with Gasteiger partial charge in [-0.25, -0.2) is 0 Å². The van der Waals surface area contributed by atoms with Crippen LogP contribution < -0.4 is 9.47 Å². The van der Waals surface area contributed by atoms with Crippen molar-refractivity contribution in [2.75, 3.05) is 7.11 Å². The second-order valence-electron chi connectivity index (χ2n) is 4.93. The number of hydrogen-bond donors (Lipinski definition) is 0. The van der Waals surface area contributed by atoms with E-state index in [4.69, 9.17) is 4.74 Å². The molecule has 5 nitrogen and oxygen atoms in total. The molecule has 0 unspecified atom stereocenters. The van der Waals surface area contributed by atoms with E-state index in [2.05, 4.69) is 4.74 Å². The van der Waals surface area contributed by atoms with E-state index in [0.29, 0.717) is 10.5 Å². The Morgan fingerprint density at radius 3 is 2.50 bits per heavy atom. The van der Waals surface area contributed by atoms with Crippen LogP contribution in [0.3, 0.4) is 0 Å². The highest BCUT2D eigenvalue weighted by Gasteiger charge is 2.37. The fourth-order valence-electron chi connectivity index (χ4n) is 2.43. The maximum absolute atomic E-state index is 12.5. The van der Waals surface area contributed by atoms with Gasteiger partial charge in [-0.2, -0.15) is 4.74 Å². The lowest BCUT2D eigenvalue weighted by molar-refractivity contribution is -0.355. The van der Waals surface area contributed by atoms with Gasteiger partial charge in [0.1, 0.15) is 17.1 Å². The lowest BCUT2D eigenvalue weighted by Gasteiger charge is -2.09. The van der Waals surface area contributed by atoms with E-state index >= 15 is 0 Å². The van der Waals surface area contributed by atoms with Gasteiger partial charge in [0.25, 0.3) is 11.5 Å². The minimum Gasteiger partial charge on any atom is -0.618 e. The minimum atomic E-state index is -4.86. The molecule has 0 radical (unpaired) electrons. The van der Waals surface area contributed by atoms with Gasteiger partial charge >= 0.3 is 6.36 Å². The van der Waals surface area contributed by atoms with Crippen LogP contribution in [0.2, 0.25) is 0 Å². The van der Waals surface area contributed by atoms with Crippen LogP contribution >= 0.6 is 0 Å². The Morgan fingerprint density at radius 2 is 1.83 bits per heavy atom. The summed E-state index contributed by atoms with van der Waals surface area (Å²) in [5.41, 5.74) is -0.00256. The number of benzene rings is 2. The number of Topliss-reactive ketones (excluding diaryl/α,β-unsaturated/α-hetero) is 1. The van der Waals surface area contributed by atoms with Gasteiger partial charge in [-0.3, -0.25) is 4.79 Å². The average molecular weight is 337 g/mol. The predicted molar refractivity (Wildman–Crippen MR) is 77.8 cm³/mol. The highest BCUT2D eigenvalue weighted by atomic mass is 19.4. The first-order valence-corrected chi connectivity index (χ1v) is 6.73. The fourth-order valence-corrected chi connectivity index (χ4v) is 2.43. The number of rotatable bonds is 3. The Labute approximate surface area is 134 Å². The molecule has 1 aliphatic heterocycles. The van der Waals surface area contributed by atoms with E-state index in [-0.39, 0.29) is 22.5 Å². The summed E-state index contributed by atoms with van der Waals surface area (Å²) in [6.45, 7) is 0. The molecule has 0 amide bonds. The first kappa shape index (κ1) is 15.9. The molecule has 0 saturated heterocycles. The zero-order valence-electron chi connectivity index (χ0n) is 12.3. The maximum atomic E-state index is 12.5. The smallest absolute Gasteiger partial charge is 0.573 e. The normalized spacial score (nSPS) is 13.9. The van der Waals surface area contributed by atoms with Crippen LogP contribution in [0.15, 0.2) is 42.5 Å². The summed E-state index contributed by atoms with van der Waals surface area (Å²) in [5, 5.41) is 12.4. The Bertz CT molecular complexity index is 859. The van der Waals surface area contributed by atoms with Crippen LogP contribution in [0.5, 0.6) is 11.5 Å². The summed E-state index contributed by atoms with van der Waals surface area (Å²) >= 11 is 0. The van der Waals surface area contributed by atoms with Gasteiger partial charge in [-0.15, -0.1) is 13.2 Å². The van der Waals surface area contributed by atoms with Crippen molar-refractivity contribution in [3.63, 3.8) is 0 Å². The van der Waals surface area contributed by atoms with Crippen LogP contribution in [0.25, 0.3) is 0 Å². The van der Waals surface area contributed by atoms with Crippen LogP contribution in [0.4, 0.5) is 18.9 Å². The molecule has 0 spiro atoms. The van der Waals surface area contributed by atoms with Crippen molar-refractivity contribution in [3.8, 4) is 11.5 Å². The Balaban J connectivity index is 2.03. The van der Waals surface area contributed by atoms with Crippen molar-refractivity contribution in [2.45, 2.75) is 6.36 Å². The minimum absolute atomic E-state index is 0.0342. The molecule has 0 N–H and O–H groups in total. The summed E-state index contributed by atoms with van der Waals surface area (Å²) in [4.78, 5) is 12.5. The van der Waals surface area contributed by atoms with Crippen molar-refractivity contribution in [1.82, 2.24) is 0 Å². The number of carbonyl (C=O) groups is 1. The number of hydrogen-bond acceptors (Lipinski definition) is 4. The largest absolute Gasteiger partial charge is 0.618 e. The zero-order valence-corrected chi connectivity index (χ0v) is 12.3. The number of carbonyl (C=O) groups excluding carboxylic acids is 1. The zero-order chi connectivity index (χ0) is 17.5. The van der Waals surface area contributed by atoms with Crippen molar-refractivity contribution in [2.24, 2.45) is 0 Å². The van der Waals surface area contributed by atoms with Crippen molar-refractivity contribution in [1.29, 1.82) is 0 Å². The van der Waals surface area contributed by atoms with Crippen LogP contribution in [-0.4, -0.2) is 29.7 Å². The number of methoxy groups -OCH3 is 1. The molecule has 24 heavy (non-hydrogen) atoms. The van der Waals surface area contributed by atoms with E-state index < -0.39 is 17.9 Å². The molecule has 2 aromatic rings. The third-order valence-corrected chi connectivity index (χ3v) is 3.43. The molecule has 0 aromatic heterocycles. The number of halogens is 3. The Morgan fingerprint density at radius 1 is 1.08 bits per heavy atom. The molecule has 0 saturated carbocycles. The highest BCUT2D eigenvalue weighted by Crippen LogP contribution is 2.32. The standard InChI is InChI=1S/C16H10F3NO4/c1-23-10-5-6-13-12(8-10)15(21)14(20(13)22)9-3-2-4-11(7-9)24-16(17,18)19/h2-8H,1H3. The molecule has 124 valence electrons. The topological polar surface area (TPSA) is 61.6 Å². The highest BCUT2D eigenvalue weighted by molar-refractivity contribution is 6.52. The monoisotopic (exact) mass is 337 g/mol. The third-order valence-electron chi connectivity index (χ3n) is 3.43. The second kappa shape index (κ2) is 5.55. The maximum Gasteiger partial charge on any atom is 0.573 e. The Hall–Kier alpha value is -3.03. The third kappa shape index (κ3) is 2.78. The van der Waals surface area contributed by atoms with Gasteiger partial charge in [0.05, 0.1) is 12.7 Å². The second-order valence-corrected chi connectivity index (χ2v) is 4.93. The van der Waals surface area contributed by atoms with Gasteiger partial charge in [-0.1, -0.05) is 6.07 Å². The molecule has 0 bridgehead atoms. The number of fused-ring (bicyclic) bond motifs is 1. The molecule has 0 atom stereocenters. The summed E-state index contributed by atoms with van der Waals surface area (Å²) in [5.74, 6) is -0.712. The summed E-state index contributed by atoms with van der Waals surface area (Å²) in [7, 11) is 1.42. The molecule has 8 heteroatoms.